The second-order valence-electron chi connectivity index (χ2n) is 5.37. The number of nitrogens with one attached hydrogen (secondary N) is 1. The van der Waals surface area contributed by atoms with Gasteiger partial charge in [0.15, 0.2) is 0 Å². The Kier molecular flexibility index (Phi) is 5.02. The molecule has 0 saturated carbocycles. The zero-order valence-electron chi connectivity index (χ0n) is 13.6. The van der Waals surface area contributed by atoms with Crippen molar-refractivity contribution in [3.8, 4) is 0 Å². The molecule has 21 heavy (non-hydrogen) atoms. The van der Waals surface area contributed by atoms with Gasteiger partial charge in [-0.3, -0.25) is 4.68 Å². The van der Waals surface area contributed by atoms with Crippen LogP contribution in [0.5, 0.6) is 0 Å². The molecule has 1 N–H and O–H groups in total. The van der Waals surface area contributed by atoms with Crippen molar-refractivity contribution < 1.29 is 4.74 Å². The minimum Gasteiger partial charge on any atom is -0.378 e. The van der Waals surface area contributed by atoms with Crippen LogP contribution in [0, 0.1) is 13.8 Å². The molecule has 1 aromatic heterocycles. The van der Waals surface area contributed by atoms with Crippen LogP contribution in [0.4, 0.5) is 5.69 Å². The van der Waals surface area contributed by atoms with Crippen LogP contribution < -0.4 is 5.32 Å². The molecule has 0 aliphatic heterocycles. The van der Waals surface area contributed by atoms with Gasteiger partial charge in [-0.25, -0.2) is 0 Å². The van der Waals surface area contributed by atoms with E-state index in [1.807, 2.05) is 30.8 Å². The molecule has 1 heterocycles. The molecular weight excluding hydrogens is 262 g/mol. The maximum Gasteiger partial charge on any atom is 0.0736 e. The van der Waals surface area contributed by atoms with Crippen LogP contribution in [0.15, 0.2) is 24.3 Å². The van der Waals surface area contributed by atoms with Crippen LogP contribution in [-0.2, 0) is 18.4 Å². The van der Waals surface area contributed by atoms with Gasteiger partial charge < -0.3 is 10.1 Å². The first-order valence-electron chi connectivity index (χ1n) is 7.46. The maximum atomic E-state index is 5.54. The molecule has 0 bridgehead atoms. The number of hydrogen-bond donors (Lipinski definition) is 1. The van der Waals surface area contributed by atoms with E-state index in [4.69, 9.17) is 4.74 Å². The third kappa shape index (κ3) is 3.45. The summed E-state index contributed by atoms with van der Waals surface area (Å²) in [5.74, 6) is 0. The van der Waals surface area contributed by atoms with Crippen molar-refractivity contribution in [3.63, 3.8) is 0 Å². The molecule has 1 atom stereocenters. The van der Waals surface area contributed by atoms with Gasteiger partial charge in [-0.05, 0) is 33.8 Å². The number of rotatable bonds is 6. The molecule has 0 aliphatic rings. The summed E-state index contributed by atoms with van der Waals surface area (Å²) in [5.41, 5.74) is 5.86. The molecule has 114 valence electrons. The molecule has 0 amide bonds. The van der Waals surface area contributed by atoms with Gasteiger partial charge in [-0.2, -0.15) is 5.10 Å². The van der Waals surface area contributed by atoms with Gasteiger partial charge in [0.25, 0.3) is 0 Å². The average molecular weight is 287 g/mol. The highest BCUT2D eigenvalue weighted by molar-refractivity contribution is 5.53. The van der Waals surface area contributed by atoms with Crippen molar-refractivity contribution in [2.45, 2.75) is 40.3 Å². The first-order chi connectivity index (χ1) is 10.0. The van der Waals surface area contributed by atoms with Crippen molar-refractivity contribution in [3.05, 3.63) is 46.8 Å². The lowest BCUT2D eigenvalue weighted by Gasteiger charge is -2.19. The first kappa shape index (κ1) is 15.6. The standard InChI is InChI=1S/C17H25N3O/c1-6-21-11-15-9-7-8-10-16(15)18-12(2)17-13(3)19-20(5)14(17)4/h7-10,12,18H,6,11H2,1-5H3. The quantitative estimate of drug-likeness (QED) is 0.879. The second-order valence-corrected chi connectivity index (χ2v) is 5.37. The molecular formula is C17H25N3O. The largest absolute Gasteiger partial charge is 0.378 e. The van der Waals surface area contributed by atoms with Crippen LogP contribution >= 0.6 is 0 Å². The zero-order valence-corrected chi connectivity index (χ0v) is 13.6. The fourth-order valence-electron chi connectivity index (χ4n) is 2.72. The van der Waals surface area contributed by atoms with E-state index in [2.05, 4.69) is 43.3 Å². The number of benzene rings is 1. The molecule has 2 rings (SSSR count). The van der Waals surface area contributed by atoms with Gasteiger partial charge in [0.1, 0.15) is 0 Å². The lowest BCUT2D eigenvalue weighted by molar-refractivity contribution is 0.134. The molecule has 0 saturated heterocycles. The van der Waals surface area contributed by atoms with E-state index in [-0.39, 0.29) is 6.04 Å². The number of para-hydroxylation sites is 1. The van der Waals surface area contributed by atoms with Gasteiger partial charge >= 0.3 is 0 Å². The predicted octanol–water partition coefficient (Wildman–Crippen LogP) is 3.75. The lowest BCUT2D eigenvalue weighted by atomic mass is 10.1. The second kappa shape index (κ2) is 6.76. The smallest absolute Gasteiger partial charge is 0.0736 e. The molecule has 0 radical (unpaired) electrons. The molecule has 2 aromatic rings. The van der Waals surface area contributed by atoms with Gasteiger partial charge in [0.2, 0.25) is 0 Å². The van der Waals surface area contributed by atoms with Crippen molar-refractivity contribution in [1.29, 1.82) is 0 Å². The molecule has 0 spiro atoms. The Morgan fingerprint density at radius 3 is 2.62 bits per heavy atom. The predicted molar refractivity (Wildman–Crippen MR) is 86.5 cm³/mol. The summed E-state index contributed by atoms with van der Waals surface area (Å²) in [7, 11) is 1.99. The molecule has 4 heteroatoms. The van der Waals surface area contributed by atoms with Crippen molar-refractivity contribution >= 4 is 5.69 Å². The van der Waals surface area contributed by atoms with Crippen molar-refractivity contribution in [2.75, 3.05) is 11.9 Å². The monoisotopic (exact) mass is 287 g/mol. The molecule has 1 aromatic carbocycles. The van der Waals surface area contributed by atoms with Gasteiger partial charge in [-0.1, -0.05) is 18.2 Å². The van der Waals surface area contributed by atoms with Crippen molar-refractivity contribution in [2.24, 2.45) is 7.05 Å². The number of nitrogens with zero attached hydrogens (tertiary/aromatic N) is 2. The first-order valence-corrected chi connectivity index (χ1v) is 7.46. The third-order valence-electron chi connectivity index (χ3n) is 3.85. The summed E-state index contributed by atoms with van der Waals surface area (Å²) in [5, 5.41) is 8.09. The van der Waals surface area contributed by atoms with E-state index in [1.54, 1.807) is 0 Å². The summed E-state index contributed by atoms with van der Waals surface area (Å²) >= 11 is 0. The van der Waals surface area contributed by atoms with E-state index in [1.165, 1.54) is 16.8 Å². The Bertz CT molecular complexity index is 604. The fraction of sp³-hybridized carbons (Fsp3) is 0.471. The topological polar surface area (TPSA) is 39.1 Å². The highest BCUT2D eigenvalue weighted by atomic mass is 16.5. The average Bonchev–Trinajstić information content (AvgIpc) is 2.71. The van der Waals surface area contributed by atoms with Crippen LogP contribution in [0.1, 0.15) is 42.4 Å². The van der Waals surface area contributed by atoms with Gasteiger partial charge in [0.05, 0.1) is 18.3 Å². The minimum atomic E-state index is 0.210. The van der Waals surface area contributed by atoms with Crippen LogP contribution in [-0.4, -0.2) is 16.4 Å². The summed E-state index contributed by atoms with van der Waals surface area (Å²) in [6.45, 7) is 9.73. The Morgan fingerprint density at radius 2 is 2.00 bits per heavy atom. The van der Waals surface area contributed by atoms with Crippen LogP contribution in [0.2, 0.25) is 0 Å². The van der Waals surface area contributed by atoms with Crippen LogP contribution in [0.25, 0.3) is 0 Å². The van der Waals surface area contributed by atoms with Gasteiger partial charge in [-0.15, -0.1) is 0 Å². The highest BCUT2D eigenvalue weighted by Gasteiger charge is 2.17. The highest BCUT2D eigenvalue weighted by Crippen LogP contribution is 2.26. The Labute approximate surface area is 127 Å². The van der Waals surface area contributed by atoms with Gasteiger partial charge in [0, 0.05) is 36.2 Å². The van der Waals surface area contributed by atoms with E-state index < -0.39 is 0 Å². The summed E-state index contributed by atoms with van der Waals surface area (Å²) in [4.78, 5) is 0. The van der Waals surface area contributed by atoms with E-state index in [9.17, 15) is 0 Å². The Morgan fingerprint density at radius 1 is 1.29 bits per heavy atom. The van der Waals surface area contributed by atoms with Crippen LogP contribution in [0.3, 0.4) is 0 Å². The maximum absolute atomic E-state index is 5.54. The normalized spacial score (nSPS) is 12.4. The SMILES string of the molecule is CCOCc1ccccc1NC(C)c1c(C)nn(C)c1C. The number of hydrogen-bond acceptors (Lipinski definition) is 3. The van der Waals surface area contributed by atoms with Crippen molar-refractivity contribution in [1.82, 2.24) is 9.78 Å². The summed E-state index contributed by atoms with van der Waals surface area (Å²) in [6.07, 6.45) is 0. The van der Waals surface area contributed by atoms with E-state index in [0.717, 1.165) is 18.0 Å². The molecule has 0 fully saturated rings. The Balaban J connectivity index is 2.21. The van der Waals surface area contributed by atoms with E-state index >= 15 is 0 Å². The minimum absolute atomic E-state index is 0.210. The molecule has 1 unspecified atom stereocenters. The zero-order chi connectivity index (χ0) is 15.4. The number of ether oxygens (including phenoxy) is 1. The summed E-state index contributed by atoms with van der Waals surface area (Å²) in [6, 6.07) is 8.51. The lowest BCUT2D eigenvalue weighted by Crippen LogP contribution is -2.11. The Hall–Kier alpha value is -1.81. The number of anilines is 1. The fourth-order valence-corrected chi connectivity index (χ4v) is 2.72. The molecule has 0 aliphatic carbocycles. The number of aromatic nitrogens is 2. The summed E-state index contributed by atoms with van der Waals surface area (Å²) < 4.78 is 7.48. The molecule has 4 nitrogen and oxygen atoms in total. The number of aryl methyl sites for hydroxylation is 2. The third-order valence-corrected chi connectivity index (χ3v) is 3.85. The van der Waals surface area contributed by atoms with E-state index in [0.29, 0.717) is 6.61 Å².